The maximum atomic E-state index is 14.0. The minimum absolute atomic E-state index is 0.0268. The first-order valence-electron chi connectivity index (χ1n) is 7.53. The van der Waals surface area contributed by atoms with E-state index in [0.29, 0.717) is 17.1 Å². The van der Waals surface area contributed by atoms with Crippen LogP contribution in [-0.4, -0.2) is 26.1 Å². The van der Waals surface area contributed by atoms with Crippen LogP contribution >= 0.6 is 0 Å². The lowest BCUT2D eigenvalue weighted by Gasteiger charge is -2.24. The van der Waals surface area contributed by atoms with Gasteiger partial charge in [-0.15, -0.1) is 0 Å². The van der Waals surface area contributed by atoms with E-state index < -0.39 is 11.6 Å². The second-order valence-corrected chi connectivity index (χ2v) is 5.73. The smallest absolute Gasteiger partial charge is 0.131 e. The zero-order valence-corrected chi connectivity index (χ0v) is 13.3. The predicted molar refractivity (Wildman–Crippen MR) is 87.8 cm³/mol. The molecule has 7 nitrogen and oxygen atoms in total. The third kappa shape index (κ3) is 2.64. The minimum atomic E-state index is -0.609. The summed E-state index contributed by atoms with van der Waals surface area (Å²) in [4.78, 5) is 4.33. The fraction of sp³-hybridized carbons (Fsp3) is 0.125. The number of hydrogen-bond donors (Lipinski definition) is 2. The van der Waals surface area contributed by atoms with Crippen LogP contribution in [-0.2, 0) is 13.6 Å². The molecular weight excluding hydrogens is 328 g/mol. The Morgan fingerprint density at radius 3 is 2.68 bits per heavy atom. The number of hydrazine groups is 2. The van der Waals surface area contributed by atoms with Crippen molar-refractivity contribution in [2.24, 2.45) is 17.9 Å². The minimum Gasteiger partial charge on any atom is -0.295 e. The summed E-state index contributed by atoms with van der Waals surface area (Å²) in [6.07, 6.45) is 6.61. The second-order valence-electron chi connectivity index (χ2n) is 5.73. The van der Waals surface area contributed by atoms with Crippen molar-refractivity contribution >= 4 is 12.0 Å². The average Bonchev–Trinajstić information content (AvgIpc) is 3.15. The SMILES string of the molecule is Cn1cc(C2=C3N=CN(N)C=C3N(Cc3c(F)cccc3F)N2)cn1. The van der Waals surface area contributed by atoms with Crippen LogP contribution in [0, 0.1) is 11.6 Å². The molecule has 2 aliphatic heterocycles. The molecule has 0 atom stereocenters. The van der Waals surface area contributed by atoms with Crippen LogP contribution < -0.4 is 11.3 Å². The molecule has 1 aromatic heterocycles. The molecule has 0 bridgehead atoms. The van der Waals surface area contributed by atoms with E-state index in [0.717, 1.165) is 5.56 Å². The van der Waals surface area contributed by atoms with Gasteiger partial charge in [0.05, 0.1) is 18.4 Å². The van der Waals surface area contributed by atoms with Gasteiger partial charge in [-0.1, -0.05) is 6.07 Å². The molecule has 128 valence electrons. The molecular formula is C16H15F2N7. The van der Waals surface area contributed by atoms with Crippen LogP contribution in [0.15, 0.2) is 53.2 Å². The largest absolute Gasteiger partial charge is 0.295 e. The van der Waals surface area contributed by atoms with E-state index in [-0.39, 0.29) is 12.1 Å². The number of rotatable bonds is 3. The van der Waals surface area contributed by atoms with Gasteiger partial charge in [0.25, 0.3) is 0 Å². The monoisotopic (exact) mass is 343 g/mol. The number of nitrogens with zero attached hydrogens (tertiary/aromatic N) is 5. The third-order valence-corrected chi connectivity index (χ3v) is 3.98. The van der Waals surface area contributed by atoms with Crippen molar-refractivity contribution in [1.82, 2.24) is 25.2 Å². The zero-order valence-electron chi connectivity index (χ0n) is 13.3. The Bertz CT molecular complexity index is 908. The molecule has 0 saturated carbocycles. The molecule has 0 amide bonds. The van der Waals surface area contributed by atoms with Gasteiger partial charge < -0.3 is 0 Å². The van der Waals surface area contributed by atoms with Crippen LogP contribution in [0.2, 0.25) is 0 Å². The molecule has 3 heterocycles. The van der Waals surface area contributed by atoms with Crippen molar-refractivity contribution in [3.63, 3.8) is 0 Å². The quantitative estimate of drug-likeness (QED) is 0.825. The van der Waals surface area contributed by atoms with Gasteiger partial charge in [-0.25, -0.2) is 19.6 Å². The summed E-state index contributed by atoms with van der Waals surface area (Å²) in [7, 11) is 1.80. The van der Waals surface area contributed by atoms with Gasteiger partial charge in [0.2, 0.25) is 0 Å². The standard InChI is InChI=1S/C16H15F2N7/c1-23-6-10(5-21-23)15-16-14(8-24(19)9-20-16)25(22-15)7-11-12(17)3-2-4-13(11)18/h2-6,8-9,22H,7,19H2,1H3. The summed E-state index contributed by atoms with van der Waals surface area (Å²) >= 11 is 0. The Hall–Kier alpha value is -3.20. The van der Waals surface area contributed by atoms with Crippen molar-refractivity contribution in [2.45, 2.75) is 6.54 Å². The van der Waals surface area contributed by atoms with Gasteiger partial charge in [0.1, 0.15) is 29.4 Å². The first-order valence-corrected chi connectivity index (χ1v) is 7.53. The Labute approximate surface area is 142 Å². The van der Waals surface area contributed by atoms with Gasteiger partial charge in [-0.2, -0.15) is 5.10 Å². The molecule has 25 heavy (non-hydrogen) atoms. The fourth-order valence-corrected chi connectivity index (χ4v) is 2.78. The predicted octanol–water partition coefficient (Wildman–Crippen LogP) is 1.45. The van der Waals surface area contributed by atoms with E-state index in [1.165, 1.54) is 29.5 Å². The molecule has 4 rings (SSSR count). The Kier molecular flexibility index (Phi) is 3.50. The van der Waals surface area contributed by atoms with E-state index in [4.69, 9.17) is 5.84 Å². The number of fused-ring (bicyclic) bond motifs is 1. The van der Waals surface area contributed by atoms with E-state index >= 15 is 0 Å². The van der Waals surface area contributed by atoms with E-state index in [1.807, 2.05) is 6.20 Å². The molecule has 9 heteroatoms. The summed E-state index contributed by atoms with van der Waals surface area (Å²) in [5, 5.41) is 7.04. The molecule has 2 aliphatic rings. The van der Waals surface area contributed by atoms with E-state index in [9.17, 15) is 8.78 Å². The Morgan fingerprint density at radius 1 is 1.24 bits per heavy atom. The van der Waals surface area contributed by atoms with Crippen molar-refractivity contribution in [3.05, 3.63) is 70.9 Å². The van der Waals surface area contributed by atoms with Crippen LogP contribution in [0.4, 0.5) is 8.78 Å². The molecule has 3 N–H and O–H groups in total. The van der Waals surface area contributed by atoms with Crippen molar-refractivity contribution < 1.29 is 8.78 Å². The molecule has 0 fully saturated rings. The van der Waals surface area contributed by atoms with Crippen LogP contribution in [0.1, 0.15) is 11.1 Å². The first-order chi connectivity index (χ1) is 12.0. The number of nitrogens with two attached hydrogens (primary N) is 1. The lowest BCUT2D eigenvalue weighted by Crippen LogP contribution is -2.34. The van der Waals surface area contributed by atoms with Crippen molar-refractivity contribution in [1.29, 1.82) is 0 Å². The first kappa shape index (κ1) is 15.3. The number of aliphatic imine (C=N–C) groups is 1. The average molecular weight is 343 g/mol. The highest BCUT2D eigenvalue weighted by atomic mass is 19.1. The lowest BCUT2D eigenvalue weighted by atomic mass is 10.1. The van der Waals surface area contributed by atoms with Gasteiger partial charge >= 0.3 is 0 Å². The number of aryl methyl sites for hydroxylation is 1. The summed E-state index contributed by atoms with van der Waals surface area (Å²) in [5.41, 5.74) is 5.86. The highest BCUT2D eigenvalue weighted by molar-refractivity contribution is 5.77. The second kappa shape index (κ2) is 5.71. The molecule has 0 unspecified atom stereocenters. The number of benzene rings is 1. The number of hydrogen-bond acceptors (Lipinski definition) is 6. The molecule has 2 aromatic rings. The Morgan fingerprint density at radius 2 is 2.00 bits per heavy atom. The summed E-state index contributed by atoms with van der Waals surface area (Å²) in [6, 6.07) is 3.79. The van der Waals surface area contributed by atoms with Crippen molar-refractivity contribution in [2.75, 3.05) is 0 Å². The van der Waals surface area contributed by atoms with Gasteiger partial charge in [0, 0.05) is 30.6 Å². The van der Waals surface area contributed by atoms with Crippen LogP contribution in [0.3, 0.4) is 0 Å². The summed E-state index contributed by atoms with van der Waals surface area (Å²) < 4.78 is 29.7. The van der Waals surface area contributed by atoms with Crippen LogP contribution in [0.25, 0.3) is 5.70 Å². The zero-order chi connectivity index (χ0) is 17.6. The highest BCUT2D eigenvalue weighted by Crippen LogP contribution is 2.34. The molecule has 0 spiro atoms. The molecule has 1 aromatic carbocycles. The van der Waals surface area contributed by atoms with E-state index in [1.54, 1.807) is 29.1 Å². The molecule has 0 aliphatic carbocycles. The maximum Gasteiger partial charge on any atom is 0.131 e. The fourth-order valence-electron chi connectivity index (χ4n) is 2.78. The Balaban J connectivity index is 1.72. The van der Waals surface area contributed by atoms with Gasteiger partial charge in [-0.3, -0.25) is 20.1 Å². The van der Waals surface area contributed by atoms with Gasteiger partial charge in [-0.05, 0) is 12.1 Å². The van der Waals surface area contributed by atoms with Crippen molar-refractivity contribution in [3.8, 4) is 0 Å². The highest BCUT2D eigenvalue weighted by Gasteiger charge is 2.31. The summed E-state index contributed by atoms with van der Waals surface area (Å²) in [5.74, 6) is 4.54. The lowest BCUT2D eigenvalue weighted by molar-refractivity contribution is 0.292. The van der Waals surface area contributed by atoms with Gasteiger partial charge in [0.15, 0.2) is 0 Å². The van der Waals surface area contributed by atoms with Crippen LogP contribution in [0.5, 0.6) is 0 Å². The molecule has 0 radical (unpaired) electrons. The molecule has 0 saturated heterocycles. The number of nitrogens with one attached hydrogen (secondary N) is 1. The topological polar surface area (TPSA) is 74.7 Å². The summed E-state index contributed by atoms with van der Waals surface area (Å²) in [6.45, 7) is -0.0268. The normalized spacial score (nSPS) is 16.2. The number of aromatic nitrogens is 2. The van der Waals surface area contributed by atoms with E-state index in [2.05, 4.69) is 15.5 Å². The number of halogens is 2. The maximum absolute atomic E-state index is 14.0. The third-order valence-electron chi connectivity index (χ3n) is 3.98.